The molecule has 13 heteroatoms. The standard InChI is InChI=1S/C26H28F2N6O5/c1-15-5-4-6-18(9-15)22(32-23(35)21-16(2)11-39-33-21)24(36)31-20-10-17(7-8-29-20)19(12-38-3)34-14-26(27,28)13-30-25(34)37/h4-11,19,22H,12-14H2,1-3H3,(H,30,37)(H,32,35)(H,29,31,36)/t19-,22+/m1/s1. The molecule has 3 heterocycles. The van der Waals surface area contributed by atoms with Gasteiger partial charge < -0.3 is 30.1 Å². The molecule has 2 atom stereocenters. The molecule has 11 nitrogen and oxygen atoms in total. The van der Waals surface area contributed by atoms with E-state index in [9.17, 15) is 23.2 Å². The number of carbonyl (C=O) groups excluding carboxylic acids is 3. The number of alkyl halides is 2. The lowest BCUT2D eigenvalue weighted by atomic mass is 10.0. The molecule has 0 bridgehead atoms. The number of hydrogen-bond acceptors (Lipinski definition) is 7. The number of hydrogen-bond donors (Lipinski definition) is 3. The zero-order chi connectivity index (χ0) is 28.2. The molecule has 39 heavy (non-hydrogen) atoms. The summed E-state index contributed by atoms with van der Waals surface area (Å²) in [6.45, 7) is 1.89. The second-order valence-corrected chi connectivity index (χ2v) is 9.24. The highest BCUT2D eigenvalue weighted by atomic mass is 19.3. The number of aromatic nitrogens is 2. The predicted octanol–water partition coefficient (Wildman–Crippen LogP) is 3.14. The number of rotatable bonds is 9. The van der Waals surface area contributed by atoms with Crippen LogP contribution in [0.3, 0.4) is 0 Å². The maximum Gasteiger partial charge on any atom is 0.318 e. The van der Waals surface area contributed by atoms with E-state index in [0.29, 0.717) is 16.7 Å². The second-order valence-electron chi connectivity index (χ2n) is 9.24. The number of nitrogens with one attached hydrogen (secondary N) is 3. The monoisotopic (exact) mass is 542 g/mol. The Morgan fingerprint density at radius 2 is 2.03 bits per heavy atom. The van der Waals surface area contributed by atoms with Crippen molar-refractivity contribution in [3.63, 3.8) is 0 Å². The molecule has 3 N–H and O–H groups in total. The number of aryl methyl sites for hydroxylation is 2. The third-order valence-corrected chi connectivity index (χ3v) is 6.16. The smallest absolute Gasteiger partial charge is 0.318 e. The summed E-state index contributed by atoms with van der Waals surface area (Å²) < 4.78 is 38.2. The van der Waals surface area contributed by atoms with Gasteiger partial charge in [0.25, 0.3) is 17.7 Å². The first kappa shape index (κ1) is 27.6. The van der Waals surface area contributed by atoms with Crippen LogP contribution < -0.4 is 16.0 Å². The van der Waals surface area contributed by atoms with Crippen molar-refractivity contribution < 1.29 is 32.4 Å². The summed E-state index contributed by atoms with van der Waals surface area (Å²) in [4.78, 5) is 43.9. The molecule has 0 aliphatic carbocycles. The number of carbonyl (C=O) groups is 3. The van der Waals surface area contributed by atoms with Crippen molar-refractivity contribution in [3.05, 3.63) is 76.8 Å². The minimum Gasteiger partial charge on any atom is -0.382 e. The Morgan fingerprint density at radius 3 is 2.72 bits per heavy atom. The Labute approximate surface area is 222 Å². The molecular formula is C26H28F2N6O5. The summed E-state index contributed by atoms with van der Waals surface area (Å²) in [5.74, 6) is -4.25. The van der Waals surface area contributed by atoms with Gasteiger partial charge in [-0.15, -0.1) is 0 Å². The Kier molecular flexibility index (Phi) is 8.19. The summed E-state index contributed by atoms with van der Waals surface area (Å²) in [6, 6.07) is 7.42. The number of benzene rings is 1. The van der Waals surface area contributed by atoms with Gasteiger partial charge in [-0.1, -0.05) is 35.0 Å². The third kappa shape index (κ3) is 6.55. The average molecular weight is 543 g/mol. The first-order chi connectivity index (χ1) is 18.6. The van der Waals surface area contributed by atoms with Crippen molar-refractivity contribution in [1.29, 1.82) is 0 Å². The fraction of sp³-hybridized carbons (Fsp3) is 0.346. The van der Waals surface area contributed by atoms with Crippen molar-refractivity contribution in [1.82, 2.24) is 25.7 Å². The van der Waals surface area contributed by atoms with Gasteiger partial charge in [0.1, 0.15) is 18.1 Å². The minimum atomic E-state index is -3.12. The van der Waals surface area contributed by atoms with Gasteiger partial charge in [-0.2, -0.15) is 0 Å². The SMILES string of the molecule is COC[C@H](c1ccnc(NC(=O)[C@@H](NC(=O)c2nocc2C)c2cccc(C)c2)c1)N1CC(F)(F)CNC1=O. The Balaban J connectivity index is 1.60. The molecule has 1 fully saturated rings. The fourth-order valence-electron chi connectivity index (χ4n) is 4.24. The third-order valence-electron chi connectivity index (χ3n) is 6.16. The number of ether oxygens (including phenoxy) is 1. The molecule has 0 radical (unpaired) electrons. The van der Waals surface area contributed by atoms with Crippen LogP contribution in [0.5, 0.6) is 0 Å². The number of pyridine rings is 1. The number of halogens is 2. The van der Waals surface area contributed by atoms with E-state index < -0.39 is 48.9 Å². The average Bonchev–Trinajstić information content (AvgIpc) is 3.33. The van der Waals surface area contributed by atoms with E-state index in [-0.39, 0.29) is 18.1 Å². The van der Waals surface area contributed by atoms with Crippen molar-refractivity contribution >= 4 is 23.7 Å². The molecule has 2 aromatic heterocycles. The van der Waals surface area contributed by atoms with E-state index in [0.717, 1.165) is 10.5 Å². The van der Waals surface area contributed by atoms with Gasteiger partial charge in [-0.05, 0) is 37.1 Å². The number of nitrogens with zero attached hydrogens (tertiary/aromatic N) is 3. The fourth-order valence-corrected chi connectivity index (χ4v) is 4.24. The zero-order valence-corrected chi connectivity index (χ0v) is 21.5. The van der Waals surface area contributed by atoms with Crippen LogP contribution in [0.25, 0.3) is 0 Å². The van der Waals surface area contributed by atoms with Crippen molar-refractivity contribution in [2.45, 2.75) is 31.9 Å². The lowest BCUT2D eigenvalue weighted by Crippen LogP contribution is -2.58. The zero-order valence-electron chi connectivity index (χ0n) is 21.5. The van der Waals surface area contributed by atoms with Gasteiger partial charge in [-0.3, -0.25) is 9.59 Å². The molecule has 0 spiro atoms. The van der Waals surface area contributed by atoms with Gasteiger partial charge in [0.15, 0.2) is 5.69 Å². The lowest BCUT2D eigenvalue weighted by Gasteiger charge is -2.38. The van der Waals surface area contributed by atoms with Crippen molar-refractivity contribution in [3.8, 4) is 0 Å². The highest BCUT2D eigenvalue weighted by molar-refractivity contribution is 6.01. The van der Waals surface area contributed by atoms with Crippen LogP contribution in [-0.4, -0.2) is 65.6 Å². The van der Waals surface area contributed by atoms with Crippen molar-refractivity contribution in [2.75, 3.05) is 32.1 Å². The van der Waals surface area contributed by atoms with E-state index in [1.807, 2.05) is 13.0 Å². The van der Waals surface area contributed by atoms with Gasteiger partial charge in [-0.25, -0.2) is 18.6 Å². The minimum absolute atomic E-state index is 0.0413. The van der Waals surface area contributed by atoms with Crippen LogP contribution in [0.1, 0.15) is 44.8 Å². The summed E-state index contributed by atoms with van der Waals surface area (Å²) in [5.41, 5.74) is 2.35. The van der Waals surface area contributed by atoms with E-state index in [1.165, 1.54) is 25.6 Å². The Hall–Kier alpha value is -4.39. The van der Waals surface area contributed by atoms with E-state index in [1.54, 1.807) is 31.2 Å². The normalized spacial score (nSPS) is 16.2. The Bertz CT molecular complexity index is 1360. The molecule has 0 unspecified atom stereocenters. The molecular weight excluding hydrogens is 514 g/mol. The van der Waals surface area contributed by atoms with E-state index in [2.05, 4.69) is 26.1 Å². The predicted molar refractivity (Wildman–Crippen MR) is 135 cm³/mol. The van der Waals surface area contributed by atoms with Crippen LogP contribution in [-0.2, 0) is 9.53 Å². The maximum atomic E-state index is 14.1. The molecule has 4 amide bonds. The summed E-state index contributed by atoms with van der Waals surface area (Å²) in [7, 11) is 1.39. The summed E-state index contributed by atoms with van der Waals surface area (Å²) >= 11 is 0. The topological polar surface area (TPSA) is 139 Å². The van der Waals surface area contributed by atoms with E-state index >= 15 is 0 Å². The number of anilines is 1. The van der Waals surface area contributed by atoms with E-state index in [4.69, 9.17) is 9.26 Å². The molecule has 1 aliphatic heterocycles. The lowest BCUT2D eigenvalue weighted by molar-refractivity contribution is -0.118. The largest absolute Gasteiger partial charge is 0.382 e. The Morgan fingerprint density at radius 1 is 1.23 bits per heavy atom. The summed E-state index contributed by atoms with van der Waals surface area (Å²) in [5, 5.41) is 11.3. The molecule has 1 aromatic carbocycles. The first-order valence-corrected chi connectivity index (χ1v) is 12.0. The van der Waals surface area contributed by atoms with Gasteiger partial charge in [0, 0.05) is 18.9 Å². The molecule has 0 saturated carbocycles. The summed E-state index contributed by atoms with van der Waals surface area (Å²) in [6.07, 6.45) is 2.70. The molecule has 206 valence electrons. The van der Waals surface area contributed by atoms with Crippen LogP contribution in [0.2, 0.25) is 0 Å². The first-order valence-electron chi connectivity index (χ1n) is 12.0. The maximum absolute atomic E-state index is 14.1. The van der Waals surface area contributed by atoms with Gasteiger partial charge in [0.2, 0.25) is 0 Å². The molecule has 3 aromatic rings. The highest BCUT2D eigenvalue weighted by Gasteiger charge is 2.42. The second kappa shape index (κ2) is 11.6. The number of urea groups is 1. The van der Waals surface area contributed by atoms with Crippen LogP contribution in [0.4, 0.5) is 19.4 Å². The van der Waals surface area contributed by atoms with Gasteiger partial charge in [0.05, 0.1) is 25.7 Å². The number of methoxy groups -OCH3 is 1. The number of amides is 4. The quantitative estimate of drug-likeness (QED) is 0.378. The highest BCUT2D eigenvalue weighted by Crippen LogP contribution is 2.29. The van der Waals surface area contributed by atoms with Crippen molar-refractivity contribution in [2.24, 2.45) is 0 Å². The molecule has 4 rings (SSSR count). The van der Waals surface area contributed by atoms with Crippen LogP contribution in [0.15, 0.2) is 53.4 Å². The molecule has 1 aliphatic rings. The van der Waals surface area contributed by atoms with Crippen LogP contribution >= 0.6 is 0 Å². The van der Waals surface area contributed by atoms with Gasteiger partial charge >= 0.3 is 6.03 Å². The van der Waals surface area contributed by atoms with Crippen LogP contribution in [0, 0.1) is 13.8 Å². The molecule has 1 saturated heterocycles.